The van der Waals surface area contributed by atoms with E-state index >= 15 is 0 Å². The van der Waals surface area contributed by atoms with Crippen LogP contribution in [0.5, 0.6) is 11.5 Å². The molecule has 0 spiro atoms. The molecule has 2 aliphatic rings. The highest BCUT2D eigenvalue weighted by Gasteiger charge is 2.41. The van der Waals surface area contributed by atoms with Crippen molar-refractivity contribution in [3.05, 3.63) is 59.4 Å². The molecule has 0 radical (unpaired) electrons. The molecule has 0 bridgehead atoms. The van der Waals surface area contributed by atoms with Crippen LogP contribution in [0.1, 0.15) is 38.5 Å². The second-order valence-electron chi connectivity index (χ2n) is 9.50. The van der Waals surface area contributed by atoms with E-state index in [1.165, 1.54) is 12.1 Å². The smallest absolute Gasteiger partial charge is 0.260 e. The van der Waals surface area contributed by atoms with Gasteiger partial charge in [0, 0.05) is 43.0 Å². The van der Waals surface area contributed by atoms with Crippen LogP contribution in [-0.4, -0.2) is 61.0 Å². The first-order chi connectivity index (χ1) is 16.9. The Morgan fingerprint density at radius 2 is 1.69 bits per heavy atom. The molecule has 2 heterocycles. The minimum Gasteiger partial charge on any atom is -0.493 e. The zero-order valence-corrected chi connectivity index (χ0v) is 20.6. The van der Waals surface area contributed by atoms with Gasteiger partial charge in [0.15, 0.2) is 18.2 Å². The van der Waals surface area contributed by atoms with Crippen LogP contribution in [0.25, 0.3) is 0 Å². The lowest BCUT2D eigenvalue weighted by molar-refractivity contribution is -0.143. The van der Waals surface area contributed by atoms with Gasteiger partial charge in [0.1, 0.15) is 5.75 Å². The molecule has 1 unspecified atom stereocenters. The molecule has 0 saturated carbocycles. The number of hydrogen-bond acceptors (Lipinski definition) is 4. The molecule has 0 aliphatic carbocycles. The molecule has 0 aromatic heterocycles. The van der Waals surface area contributed by atoms with Crippen LogP contribution >= 0.6 is 11.6 Å². The standard InChI is InChI=1S/C27H32ClFN2O4/c28-21-8-6-9-22(16-21)35-20-27(17-25(32)30-13-4-1-5-14-30)12-7-15-31(19-27)26(33)18-34-24-11-3-2-10-23(24)29/h2-3,6,8-11,16H,1,4-5,7,12-15,17-20H2. The lowest BCUT2D eigenvalue weighted by Crippen LogP contribution is -2.52. The van der Waals surface area contributed by atoms with E-state index in [1.54, 1.807) is 29.2 Å². The van der Waals surface area contributed by atoms with Gasteiger partial charge < -0.3 is 19.3 Å². The van der Waals surface area contributed by atoms with E-state index in [1.807, 2.05) is 17.0 Å². The van der Waals surface area contributed by atoms with E-state index in [4.69, 9.17) is 21.1 Å². The summed E-state index contributed by atoms with van der Waals surface area (Å²) in [7, 11) is 0. The fourth-order valence-corrected chi connectivity index (χ4v) is 5.08. The molecule has 4 rings (SSSR count). The van der Waals surface area contributed by atoms with Crippen molar-refractivity contribution >= 4 is 23.4 Å². The third-order valence-electron chi connectivity index (χ3n) is 6.78. The van der Waals surface area contributed by atoms with Crippen molar-refractivity contribution in [2.45, 2.75) is 38.5 Å². The Kier molecular flexibility index (Phi) is 8.50. The number of benzene rings is 2. The number of carbonyl (C=O) groups is 2. The third-order valence-corrected chi connectivity index (χ3v) is 7.01. The van der Waals surface area contributed by atoms with Crippen molar-refractivity contribution in [2.75, 3.05) is 39.4 Å². The molecular formula is C27H32ClFN2O4. The number of nitrogens with zero attached hydrogens (tertiary/aromatic N) is 2. The van der Waals surface area contributed by atoms with E-state index in [-0.39, 0.29) is 24.2 Å². The molecule has 35 heavy (non-hydrogen) atoms. The van der Waals surface area contributed by atoms with Crippen LogP contribution in [-0.2, 0) is 9.59 Å². The number of carbonyl (C=O) groups excluding carboxylic acids is 2. The van der Waals surface area contributed by atoms with Gasteiger partial charge in [-0.25, -0.2) is 4.39 Å². The second-order valence-corrected chi connectivity index (χ2v) is 9.94. The van der Waals surface area contributed by atoms with Gasteiger partial charge in [-0.3, -0.25) is 9.59 Å². The summed E-state index contributed by atoms with van der Waals surface area (Å²) in [6.07, 6.45) is 5.02. The maximum Gasteiger partial charge on any atom is 0.260 e. The maximum absolute atomic E-state index is 13.9. The molecular weight excluding hydrogens is 471 g/mol. The van der Waals surface area contributed by atoms with Crippen LogP contribution in [0.2, 0.25) is 5.02 Å². The quantitative estimate of drug-likeness (QED) is 0.512. The molecule has 2 fully saturated rings. The van der Waals surface area contributed by atoms with Crippen LogP contribution in [0.3, 0.4) is 0 Å². The SMILES string of the molecule is O=C(CC1(COc2cccc(Cl)c2)CCCN(C(=O)COc2ccccc2F)C1)N1CCCCC1. The molecule has 2 aromatic carbocycles. The van der Waals surface area contributed by atoms with Gasteiger partial charge >= 0.3 is 0 Å². The molecule has 188 valence electrons. The minimum absolute atomic E-state index is 0.0497. The largest absolute Gasteiger partial charge is 0.493 e. The second kappa shape index (κ2) is 11.8. The van der Waals surface area contributed by atoms with Gasteiger partial charge in [0.25, 0.3) is 5.91 Å². The Morgan fingerprint density at radius 3 is 2.46 bits per heavy atom. The van der Waals surface area contributed by atoms with Crippen LogP contribution < -0.4 is 9.47 Å². The molecule has 2 saturated heterocycles. The molecule has 2 aromatic rings. The first-order valence-electron chi connectivity index (χ1n) is 12.3. The number of amides is 2. The summed E-state index contributed by atoms with van der Waals surface area (Å²) in [6, 6.07) is 13.2. The monoisotopic (exact) mass is 502 g/mol. The van der Waals surface area contributed by atoms with Gasteiger partial charge in [0.2, 0.25) is 5.91 Å². The zero-order chi connectivity index (χ0) is 24.7. The van der Waals surface area contributed by atoms with E-state index < -0.39 is 11.2 Å². The fourth-order valence-electron chi connectivity index (χ4n) is 4.90. The number of para-hydroxylation sites is 1. The first-order valence-corrected chi connectivity index (χ1v) is 12.6. The van der Waals surface area contributed by atoms with Crippen molar-refractivity contribution in [2.24, 2.45) is 5.41 Å². The predicted molar refractivity (Wildman–Crippen MR) is 132 cm³/mol. The van der Waals surface area contributed by atoms with Crippen LogP contribution in [0, 0.1) is 11.2 Å². The summed E-state index contributed by atoms with van der Waals surface area (Å²) in [5, 5.41) is 0.576. The van der Waals surface area contributed by atoms with Gasteiger partial charge in [-0.2, -0.15) is 0 Å². The highest BCUT2D eigenvalue weighted by atomic mass is 35.5. The van der Waals surface area contributed by atoms with Gasteiger partial charge in [-0.1, -0.05) is 29.8 Å². The highest BCUT2D eigenvalue weighted by Crippen LogP contribution is 2.36. The zero-order valence-electron chi connectivity index (χ0n) is 19.9. The molecule has 2 amide bonds. The number of hydrogen-bond donors (Lipinski definition) is 0. The van der Waals surface area contributed by atoms with Crippen molar-refractivity contribution in [1.82, 2.24) is 9.80 Å². The predicted octanol–water partition coefficient (Wildman–Crippen LogP) is 4.95. The van der Waals surface area contributed by atoms with Crippen molar-refractivity contribution in [1.29, 1.82) is 0 Å². The normalized spacial score (nSPS) is 20.4. The average molecular weight is 503 g/mol. The van der Waals surface area contributed by atoms with Gasteiger partial charge in [-0.05, 0) is 62.4 Å². The fraction of sp³-hybridized carbons (Fsp3) is 0.481. The average Bonchev–Trinajstić information content (AvgIpc) is 2.87. The van der Waals surface area contributed by atoms with Gasteiger partial charge in [-0.15, -0.1) is 0 Å². The molecule has 2 aliphatic heterocycles. The highest BCUT2D eigenvalue weighted by molar-refractivity contribution is 6.30. The third kappa shape index (κ3) is 6.88. The van der Waals surface area contributed by atoms with Crippen LogP contribution in [0.4, 0.5) is 4.39 Å². The number of halogens is 2. The number of ether oxygens (including phenoxy) is 2. The molecule has 6 nitrogen and oxygen atoms in total. The maximum atomic E-state index is 13.9. The summed E-state index contributed by atoms with van der Waals surface area (Å²) in [6.45, 7) is 2.55. The topological polar surface area (TPSA) is 59.1 Å². The van der Waals surface area contributed by atoms with Crippen LogP contribution in [0.15, 0.2) is 48.5 Å². The summed E-state index contributed by atoms with van der Waals surface area (Å²) in [5.74, 6) is 0.0551. The minimum atomic E-state index is -0.525. The number of piperidine rings is 2. The van der Waals surface area contributed by atoms with E-state index in [0.29, 0.717) is 36.9 Å². The summed E-state index contributed by atoms with van der Waals surface area (Å²) >= 11 is 6.11. The Hall–Kier alpha value is -2.80. The van der Waals surface area contributed by atoms with Crippen molar-refractivity contribution < 1.29 is 23.5 Å². The number of likely N-dealkylation sites (tertiary alicyclic amines) is 2. The lowest BCUT2D eigenvalue weighted by atomic mass is 9.77. The Morgan fingerprint density at radius 1 is 0.914 bits per heavy atom. The lowest BCUT2D eigenvalue weighted by Gasteiger charge is -2.43. The summed E-state index contributed by atoms with van der Waals surface area (Å²) < 4.78 is 25.5. The van der Waals surface area contributed by atoms with Crippen molar-refractivity contribution in [3.8, 4) is 11.5 Å². The van der Waals surface area contributed by atoms with E-state index in [2.05, 4.69) is 0 Å². The molecule has 8 heteroatoms. The Labute approximate surface area is 210 Å². The van der Waals surface area contributed by atoms with Gasteiger partial charge in [0.05, 0.1) is 6.61 Å². The Bertz CT molecular complexity index is 1030. The summed E-state index contributed by atoms with van der Waals surface area (Å²) in [5.41, 5.74) is -0.525. The Balaban J connectivity index is 1.45. The summed E-state index contributed by atoms with van der Waals surface area (Å²) in [4.78, 5) is 29.9. The van der Waals surface area contributed by atoms with Crippen molar-refractivity contribution in [3.63, 3.8) is 0 Å². The van der Waals surface area contributed by atoms with E-state index in [9.17, 15) is 14.0 Å². The molecule has 0 N–H and O–H groups in total. The van der Waals surface area contributed by atoms with E-state index in [0.717, 1.165) is 45.2 Å². The molecule has 1 atom stereocenters. The first kappa shape index (κ1) is 25.3. The number of rotatable bonds is 8.